The molecule has 0 saturated carbocycles. The first-order valence-electron chi connectivity index (χ1n) is 7.82. The molecule has 1 aromatic carbocycles. The number of anilines is 2. The molecule has 1 aliphatic heterocycles. The highest BCUT2D eigenvalue weighted by Crippen LogP contribution is 2.21. The van der Waals surface area contributed by atoms with Crippen molar-refractivity contribution in [3.63, 3.8) is 0 Å². The number of rotatable bonds is 4. The minimum Gasteiger partial charge on any atom is -0.378 e. The second kappa shape index (κ2) is 7.19. The maximum absolute atomic E-state index is 12.6. The van der Waals surface area contributed by atoms with E-state index in [0.717, 1.165) is 12.2 Å². The molecule has 1 fully saturated rings. The number of aromatic nitrogens is 2. The molecule has 0 atom stereocenters. The van der Waals surface area contributed by atoms with Gasteiger partial charge in [-0.25, -0.2) is 9.97 Å². The van der Waals surface area contributed by atoms with Crippen molar-refractivity contribution in [2.24, 2.45) is 0 Å². The van der Waals surface area contributed by atoms with E-state index in [0.29, 0.717) is 37.9 Å². The largest absolute Gasteiger partial charge is 0.378 e. The quantitative estimate of drug-likeness (QED) is 0.865. The average molecular weight is 312 g/mol. The van der Waals surface area contributed by atoms with Gasteiger partial charge in [-0.3, -0.25) is 4.79 Å². The van der Waals surface area contributed by atoms with Crippen LogP contribution in [0, 0.1) is 0 Å². The van der Waals surface area contributed by atoms with E-state index >= 15 is 0 Å². The van der Waals surface area contributed by atoms with Crippen LogP contribution >= 0.6 is 0 Å². The Morgan fingerprint density at radius 3 is 2.65 bits per heavy atom. The van der Waals surface area contributed by atoms with Crippen LogP contribution in [0.15, 0.2) is 42.6 Å². The van der Waals surface area contributed by atoms with Gasteiger partial charge in [0.1, 0.15) is 5.69 Å². The van der Waals surface area contributed by atoms with Crippen LogP contribution in [0.4, 0.5) is 11.6 Å². The number of carbonyl (C=O) groups is 1. The second-order valence-electron chi connectivity index (χ2n) is 5.23. The Labute approximate surface area is 135 Å². The number of benzene rings is 1. The summed E-state index contributed by atoms with van der Waals surface area (Å²) in [6, 6.07) is 11.6. The highest BCUT2D eigenvalue weighted by atomic mass is 16.5. The molecule has 0 unspecified atom stereocenters. The molecular weight excluding hydrogens is 292 g/mol. The Bertz CT molecular complexity index is 657. The molecule has 0 aliphatic carbocycles. The Kier molecular flexibility index (Phi) is 4.83. The Morgan fingerprint density at radius 2 is 1.96 bits per heavy atom. The third-order valence-corrected chi connectivity index (χ3v) is 3.79. The van der Waals surface area contributed by atoms with E-state index in [1.54, 1.807) is 17.2 Å². The van der Waals surface area contributed by atoms with Gasteiger partial charge in [0.15, 0.2) is 0 Å². The fourth-order valence-corrected chi connectivity index (χ4v) is 2.57. The summed E-state index contributed by atoms with van der Waals surface area (Å²) < 4.78 is 5.29. The van der Waals surface area contributed by atoms with Crippen molar-refractivity contribution in [2.75, 3.05) is 37.7 Å². The molecule has 23 heavy (non-hydrogen) atoms. The highest BCUT2D eigenvalue weighted by Gasteiger charge is 2.21. The predicted octanol–water partition coefficient (Wildman–Crippen LogP) is 2.11. The van der Waals surface area contributed by atoms with E-state index in [4.69, 9.17) is 4.74 Å². The number of hydrogen-bond donors (Lipinski definition) is 0. The van der Waals surface area contributed by atoms with Crippen molar-refractivity contribution >= 4 is 17.5 Å². The lowest BCUT2D eigenvalue weighted by atomic mass is 10.3. The number of para-hydroxylation sites is 1. The van der Waals surface area contributed by atoms with Crippen molar-refractivity contribution in [3.8, 4) is 0 Å². The van der Waals surface area contributed by atoms with Gasteiger partial charge in [0.2, 0.25) is 5.95 Å². The molecule has 3 rings (SSSR count). The summed E-state index contributed by atoms with van der Waals surface area (Å²) in [4.78, 5) is 25.1. The van der Waals surface area contributed by atoms with E-state index < -0.39 is 0 Å². The lowest BCUT2D eigenvalue weighted by Gasteiger charge is -2.27. The molecule has 0 bridgehead atoms. The van der Waals surface area contributed by atoms with Crippen LogP contribution < -0.4 is 4.90 Å². The molecular formula is C17H20N4O2. The Morgan fingerprint density at radius 1 is 1.22 bits per heavy atom. The van der Waals surface area contributed by atoms with Crippen molar-refractivity contribution in [1.82, 2.24) is 14.9 Å². The van der Waals surface area contributed by atoms with Crippen molar-refractivity contribution in [3.05, 3.63) is 48.3 Å². The van der Waals surface area contributed by atoms with E-state index in [9.17, 15) is 4.79 Å². The van der Waals surface area contributed by atoms with E-state index in [2.05, 4.69) is 9.97 Å². The summed E-state index contributed by atoms with van der Waals surface area (Å²) in [5.74, 6) is 0.471. The first-order chi connectivity index (χ1) is 11.3. The van der Waals surface area contributed by atoms with Gasteiger partial charge in [0, 0.05) is 31.5 Å². The van der Waals surface area contributed by atoms with Gasteiger partial charge in [-0.1, -0.05) is 18.2 Å². The number of ether oxygens (including phenoxy) is 1. The summed E-state index contributed by atoms with van der Waals surface area (Å²) in [5.41, 5.74) is 1.43. The lowest BCUT2D eigenvalue weighted by Crippen LogP contribution is -2.41. The third-order valence-electron chi connectivity index (χ3n) is 3.79. The van der Waals surface area contributed by atoms with Crippen LogP contribution in [0.2, 0.25) is 0 Å². The first kappa shape index (κ1) is 15.4. The zero-order valence-corrected chi connectivity index (χ0v) is 13.2. The number of amides is 1. The molecule has 2 aromatic rings. The van der Waals surface area contributed by atoms with Gasteiger partial charge in [0.05, 0.1) is 13.2 Å². The molecule has 1 aliphatic rings. The second-order valence-corrected chi connectivity index (χ2v) is 5.23. The maximum atomic E-state index is 12.6. The lowest BCUT2D eigenvalue weighted by molar-refractivity contribution is 0.0299. The van der Waals surface area contributed by atoms with Gasteiger partial charge >= 0.3 is 0 Å². The van der Waals surface area contributed by atoms with Crippen molar-refractivity contribution in [1.29, 1.82) is 0 Å². The summed E-state index contributed by atoms with van der Waals surface area (Å²) in [5, 5.41) is 0. The van der Waals surface area contributed by atoms with Crippen LogP contribution in [0.3, 0.4) is 0 Å². The fourth-order valence-electron chi connectivity index (χ4n) is 2.57. The molecule has 120 valence electrons. The Hall–Kier alpha value is -2.47. The minimum absolute atomic E-state index is 0.0685. The van der Waals surface area contributed by atoms with Crippen LogP contribution in [-0.4, -0.2) is 53.6 Å². The molecule has 6 nitrogen and oxygen atoms in total. The zero-order chi connectivity index (χ0) is 16.1. The molecule has 6 heteroatoms. The van der Waals surface area contributed by atoms with Crippen LogP contribution in [0.5, 0.6) is 0 Å². The fraction of sp³-hybridized carbons (Fsp3) is 0.353. The average Bonchev–Trinajstić information content (AvgIpc) is 2.64. The summed E-state index contributed by atoms with van der Waals surface area (Å²) in [7, 11) is 0. The van der Waals surface area contributed by atoms with Gasteiger partial charge < -0.3 is 14.5 Å². The number of nitrogens with zero attached hydrogens (tertiary/aromatic N) is 4. The summed E-state index contributed by atoms with van der Waals surface area (Å²) in [6.45, 7) is 5.12. The number of morpholine rings is 1. The Balaban J connectivity index is 1.85. The smallest absolute Gasteiger partial charge is 0.272 e. The molecule has 1 amide bonds. The van der Waals surface area contributed by atoms with Crippen molar-refractivity contribution in [2.45, 2.75) is 6.92 Å². The van der Waals surface area contributed by atoms with E-state index in [-0.39, 0.29) is 5.91 Å². The number of hydrogen-bond acceptors (Lipinski definition) is 5. The van der Waals surface area contributed by atoms with Gasteiger partial charge in [-0.2, -0.15) is 0 Å². The van der Waals surface area contributed by atoms with Gasteiger partial charge in [-0.05, 0) is 25.1 Å². The van der Waals surface area contributed by atoms with Gasteiger partial charge in [0.25, 0.3) is 5.91 Å². The molecule has 1 aromatic heterocycles. The molecule has 1 saturated heterocycles. The van der Waals surface area contributed by atoms with E-state index in [1.165, 1.54) is 0 Å². The molecule has 0 N–H and O–H groups in total. The summed E-state index contributed by atoms with van der Waals surface area (Å²) >= 11 is 0. The zero-order valence-electron chi connectivity index (χ0n) is 13.2. The minimum atomic E-state index is -0.0685. The van der Waals surface area contributed by atoms with Crippen LogP contribution in [0.25, 0.3) is 0 Å². The SMILES string of the molecule is CCN(c1ccccc1)c1nccc(C(=O)N2CCOCC2)n1. The van der Waals surface area contributed by atoms with E-state index in [1.807, 2.05) is 42.2 Å². The van der Waals surface area contributed by atoms with Crippen molar-refractivity contribution < 1.29 is 9.53 Å². The third kappa shape index (κ3) is 3.48. The van der Waals surface area contributed by atoms with Crippen LogP contribution in [-0.2, 0) is 4.74 Å². The maximum Gasteiger partial charge on any atom is 0.272 e. The van der Waals surface area contributed by atoms with Gasteiger partial charge in [-0.15, -0.1) is 0 Å². The number of carbonyl (C=O) groups excluding carboxylic acids is 1. The molecule has 0 radical (unpaired) electrons. The highest BCUT2D eigenvalue weighted by molar-refractivity contribution is 5.92. The van der Waals surface area contributed by atoms with Crippen LogP contribution in [0.1, 0.15) is 17.4 Å². The predicted molar refractivity (Wildman–Crippen MR) is 87.9 cm³/mol. The monoisotopic (exact) mass is 312 g/mol. The summed E-state index contributed by atoms with van der Waals surface area (Å²) in [6.07, 6.45) is 1.64. The topological polar surface area (TPSA) is 58.6 Å². The normalized spacial score (nSPS) is 14.6. The molecule has 0 spiro atoms. The standard InChI is InChI=1S/C17H20N4O2/c1-2-21(14-6-4-3-5-7-14)17-18-9-8-15(19-17)16(22)20-10-12-23-13-11-20/h3-9H,2,10-13H2,1H3. The molecule has 2 heterocycles. The first-order valence-corrected chi connectivity index (χ1v) is 7.82.